The fourth-order valence-electron chi connectivity index (χ4n) is 2.18. The molecule has 1 atom stereocenters. The highest BCUT2D eigenvalue weighted by atomic mass is 16.5. The van der Waals surface area contributed by atoms with Gasteiger partial charge in [0.2, 0.25) is 5.91 Å². The van der Waals surface area contributed by atoms with E-state index in [1.807, 2.05) is 0 Å². The Labute approximate surface area is 105 Å². The summed E-state index contributed by atoms with van der Waals surface area (Å²) in [6.07, 6.45) is 0.332. The molecule has 1 amide bonds. The van der Waals surface area contributed by atoms with E-state index in [-0.39, 0.29) is 12.5 Å². The van der Waals surface area contributed by atoms with Gasteiger partial charge in [-0.3, -0.25) is 9.59 Å². The number of carboxylic acids is 1. The molecule has 96 valence electrons. The second kappa shape index (κ2) is 4.78. The highest BCUT2D eigenvalue weighted by Crippen LogP contribution is 2.30. The smallest absolute Gasteiger partial charge is 0.313 e. The Hall–Kier alpha value is -1.88. The minimum atomic E-state index is -0.922. The number of carbonyl (C=O) groups is 2. The van der Waals surface area contributed by atoms with Gasteiger partial charge in [0.25, 0.3) is 0 Å². The number of hydrogen-bond donors (Lipinski definition) is 1. The van der Waals surface area contributed by atoms with Crippen molar-refractivity contribution in [1.29, 1.82) is 0 Å². The zero-order valence-electron chi connectivity index (χ0n) is 10.3. The topological polar surface area (TPSA) is 66.8 Å². The molecule has 0 bridgehead atoms. The molecule has 1 aliphatic rings. The molecule has 0 radical (unpaired) electrons. The molecule has 0 aliphatic carbocycles. The average molecular weight is 249 g/mol. The number of methoxy groups -OCH3 is 1. The largest absolute Gasteiger partial charge is 0.481 e. The van der Waals surface area contributed by atoms with Crippen LogP contribution in [0.15, 0.2) is 18.2 Å². The zero-order valence-corrected chi connectivity index (χ0v) is 10.3. The molecule has 5 nitrogen and oxygen atoms in total. The van der Waals surface area contributed by atoms with E-state index in [0.29, 0.717) is 12.0 Å². The number of hydrogen-bond acceptors (Lipinski definition) is 3. The van der Waals surface area contributed by atoms with E-state index in [4.69, 9.17) is 9.84 Å². The molecule has 1 aliphatic heterocycles. The third-order valence-corrected chi connectivity index (χ3v) is 3.21. The van der Waals surface area contributed by atoms with Crippen LogP contribution in [-0.4, -0.2) is 37.7 Å². The lowest BCUT2D eigenvalue weighted by Gasteiger charge is -2.14. The normalized spacial score (nSPS) is 15.7. The van der Waals surface area contributed by atoms with Crippen LogP contribution in [0.1, 0.15) is 17.0 Å². The number of nitrogens with zero attached hydrogens (tertiary/aromatic N) is 1. The van der Waals surface area contributed by atoms with E-state index in [9.17, 15) is 9.59 Å². The quantitative estimate of drug-likeness (QED) is 0.865. The first-order valence-electron chi connectivity index (χ1n) is 5.65. The molecule has 0 spiro atoms. The maximum absolute atomic E-state index is 11.6. The summed E-state index contributed by atoms with van der Waals surface area (Å²) in [5.74, 6) is -1.59. The van der Waals surface area contributed by atoms with Crippen molar-refractivity contribution >= 4 is 17.6 Å². The third kappa shape index (κ3) is 2.09. The van der Waals surface area contributed by atoms with Gasteiger partial charge in [-0.05, 0) is 17.2 Å². The molecule has 1 N–H and O–H groups in total. The molecule has 2 rings (SSSR count). The lowest BCUT2D eigenvalue weighted by atomic mass is 9.97. The first-order chi connectivity index (χ1) is 8.54. The number of rotatable bonds is 4. The SMILES string of the molecule is COCC(C(=O)O)c1ccc2c(c1)CC(=O)N2C. The van der Waals surface area contributed by atoms with Gasteiger partial charge in [0.05, 0.1) is 13.0 Å². The summed E-state index contributed by atoms with van der Waals surface area (Å²) in [6, 6.07) is 5.32. The Bertz CT molecular complexity index is 498. The van der Waals surface area contributed by atoms with E-state index in [0.717, 1.165) is 11.3 Å². The fourth-order valence-corrected chi connectivity index (χ4v) is 2.18. The summed E-state index contributed by atoms with van der Waals surface area (Å²) >= 11 is 0. The molecule has 0 aromatic heterocycles. The van der Waals surface area contributed by atoms with Crippen LogP contribution in [0.25, 0.3) is 0 Å². The van der Waals surface area contributed by atoms with Crippen molar-refractivity contribution in [1.82, 2.24) is 0 Å². The summed E-state index contributed by atoms with van der Waals surface area (Å²) in [7, 11) is 3.19. The van der Waals surface area contributed by atoms with Crippen molar-refractivity contribution < 1.29 is 19.4 Å². The Morgan fingerprint density at radius 3 is 2.89 bits per heavy atom. The number of benzene rings is 1. The van der Waals surface area contributed by atoms with Gasteiger partial charge in [-0.15, -0.1) is 0 Å². The molecule has 0 fully saturated rings. The molecule has 18 heavy (non-hydrogen) atoms. The minimum absolute atomic E-state index is 0.0285. The Kier molecular flexibility index (Phi) is 3.34. The van der Waals surface area contributed by atoms with Crippen LogP contribution in [0.5, 0.6) is 0 Å². The lowest BCUT2D eigenvalue weighted by Crippen LogP contribution is -2.20. The summed E-state index contributed by atoms with van der Waals surface area (Å²) in [5.41, 5.74) is 2.40. The van der Waals surface area contributed by atoms with Crippen LogP contribution in [0.4, 0.5) is 5.69 Å². The minimum Gasteiger partial charge on any atom is -0.481 e. The molecule has 1 aromatic rings. The molecule has 5 heteroatoms. The first-order valence-corrected chi connectivity index (χ1v) is 5.65. The summed E-state index contributed by atoms with van der Waals surface area (Å²) in [5, 5.41) is 9.15. The van der Waals surface area contributed by atoms with E-state index in [1.165, 1.54) is 7.11 Å². The predicted octanol–water partition coefficient (Wildman–Crippen LogP) is 1.02. The van der Waals surface area contributed by atoms with Crippen LogP contribution in [0.2, 0.25) is 0 Å². The predicted molar refractivity (Wildman–Crippen MR) is 65.8 cm³/mol. The Morgan fingerprint density at radius 1 is 1.56 bits per heavy atom. The van der Waals surface area contributed by atoms with E-state index in [1.54, 1.807) is 30.1 Å². The van der Waals surface area contributed by atoms with Crippen LogP contribution < -0.4 is 4.90 Å². The van der Waals surface area contributed by atoms with E-state index >= 15 is 0 Å². The first kappa shape index (κ1) is 12.6. The molecule has 1 heterocycles. The number of likely N-dealkylation sites (N-methyl/N-ethyl adjacent to an activating group) is 1. The number of amides is 1. The van der Waals surface area contributed by atoms with Crippen LogP contribution in [0.3, 0.4) is 0 Å². The van der Waals surface area contributed by atoms with Gasteiger partial charge < -0.3 is 14.7 Å². The van der Waals surface area contributed by atoms with Gasteiger partial charge in [0, 0.05) is 19.8 Å². The average Bonchev–Trinajstić information content (AvgIpc) is 2.61. The van der Waals surface area contributed by atoms with Gasteiger partial charge in [0.1, 0.15) is 5.92 Å². The Balaban J connectivity index is 2.35. The van der Waals surface area contributed by atoms with Gasteiger partial charge >= 0.3 is 5.97 Å². The van der Waals surface area contributed by atoms with Gasteiger partial charge in [-0.25, -0.2) is 0 Å². The lowest BCUT2D eigenvalue weighted by molar-refractivity contribution is -0.140. The second-order valence-electron chi connectivity index (χ2n) is 4.36. The van der Waals surface area contributed by atoms with Crippen molar-refractivity contribution in [2.75, 3.05) is 25.7 Å². The maximum Gasteiger partial charge on any atom is 0.313 e. The fraction of sp³-hybridized carbons (Fsp3) is 0.385. The number of carboxylic acid groups (broad SMARTS) is 1. The van der Waals surface area contributed by atoms with Crippen molar-refractivity contribution in [2.24, 2.45) is 0 Å². The summed E-state index contributed by atoms with van der Waals surface area (Å²) in [4.78, 5) is 24.3. The highest BCUT2D eigenvalue weighted by Gasteiger charge is 2.27. The van der Waals surface area contributed by atoms with Crippen molar-refractivity contribution in [3.63, 3.8) is 0 Å². The number of fused-ring (bicyclic) bond motifs is 1. The number of ether oxygens (including phenoxy) is 1. The van der Waals surface area contributed by atoms with Crippen molar-refractivity contribution in [2.45, 2.75) is 12.3 Å². The number of anilines is 1. The maximum atomic E-state index is 11.6. The molecule has 1 aromatic carbocycles. The zero-order chi connectivity index (χ0) is 13.3. The van der Waals surface area contributed by atoms with Crippen molar-refractivity contribution in [3.8, 4) is 0 Å². The monoisotopic (exact) mass is 249 g/mol. The third-order valence-electron chi connectivity index (χ3n) is 3.21. The van der Waals surface area contributed by atoms with Crippen LogP contribution in [-0.2, 0) is 20.7 Å². The Morgan fingerprint density at radius 2 is 2.28 bits per heavy atom. The van der Waals surface area contributed by atoms with E-state index in [2.05, 4.69) is 0 Å². The number of aliphatic carboxylic acids is 1. The van der Waals surface area contributed by atoms with Crippen LogP contribution >= 0.6 is 0 Å². The molecule has 0 saturated carbocycles. The second-order valence-corrected chi connectivity index (χ2v) is 4.36. The molecular weight excluding hydrogens is 234 g/mol. The molecule has 0 saturated heterocycles. The number of carbonyl (C=O) groups excluding carboxylic acids is 1. The standard InChI is InChI=1S/C13H15NO4/c1-14-11-4-3-8(5-9(11)6-12(14)15)10(7-18-2)13(16)17/h3-5,10H,6-7H2,1-2H3,(H,16,17). The molecule has 1 unspecified atom stereocenters. The van der Waals surface area contributed by atoms with Gasteiger partial charge in [0.15, 0.2) is 0 Å². The molecular formula is C13H15NO4. The van der Waals surface area contributed by atoms with E-state index < -0.39 is 11.9 Å². The van der Waals surface area contributed by atoms with Crippen LogP contribution in [0, 0.1) is 0 Å². The van der Waals surface area contributed by atoms with Gasteiger partial charge in [-0.1, -0.05) is 12.1 Å². The summed E-state index contributed by atoms with van der Waals surface area (Å²) in [6.45, 7) is 0.123. The highest BCUT2D eigenvalue weighted by molar-refractivity contribution is 6.01. The summed E-state index contributed by atoms with van der Waals surface area (Å²) < 4.78 is 4.92. The van der Waals surface area contributed by atoms with Gasteiger partial charge in [-0.2, -0.15) is 0 Å². The van der Waals surface area contributed by atoms with Crippen molar-refractivity contribution in [3.05, 3.63) is 29.3 Å².